The molecule has 0 radical (unpaired) electrons. The molecule has 2 heteroatoms. The number of aryl methyl sites for hydroxylation is 1. The third kappa shape index (κ3) is 6.19. The summed E-state index contributed by atoms with van der Waals surface area (Å²) in [6.45, 7) is 8.00. The zero-order valence-corrected chi connectivity index (χ0v) is 15.8. The van der Waals surface area contributed by atoms with Crippen molar-refractivity contribution in [2.75, 3.05) is 19.0 Å². The number of rotatable bonds is 6. The maximum atomic E-state index is 2.30. The normalized spacial score (nSPS) is 11.9. The monoisotopic (exact) mass is 323 g/mol. The minimum absolute atomic E-state index is 0.422. The van der Waals surface area contributed by atoms with Gasteiger partial charge < -0.3 is 4.90 Å². The molecule has 0 aliphatic heterocycles. The van der Waals surface area contributed by atoms with Crippen LogP contribution in [0.2, 0.25) is 0 Å². The van der Waals surface area contributed by atoms with E-state index in [0.717, 1.165) is 6.54 Å². The summed E-state index contributed by atoms with van der Waals surface area (Å²) in [4.78, 5) is 2.11. The Morgan fingerprint density at radius 2 is 1.42 bits per heavy atom. The van der Waals surface area contributed by atoms with Crippen LogP contribution in [0.1, 0.15) is 44.7 Å². The lowest BCUT2D eigenvalue weighted by molar-refractivity contribution is -0.697. The van der Waals surface area contributed by atoms with Crippen molar-refractivity contribution in [2.24, 2.45) is 5.41 Å². The van der Waals surface area contributed by atoms with Crippen molar-refractivity contribution in [3.05, 3.63) is 59.9 Å². The van der Waals surface area contributed by atoms with E-state index in [-0.39, 0.29) is 0 Å². The molecule has 0 amide bonds. The van der Waals surface area contributed by atoms with Gasteiger partial charge in [-0.2, -0.15) is 0 Å². The van der Waals surface area contributed by atoms with Gasteiger partial charge in [0, 0.05) is 38.3 Å². The lowest BCUT2D eigenvalue weighted by atomic mass is 9.91. The molecule has 0 N–H and O–H groups in total. The molecule has 1 heterocycles. The number of hydrogen-bond donors (Lipinski definition) is 0. The Balaban J connectivity index is 1.91. The van der Waals surface area contributed by atoms with Gasteiger partial charge in [-0.15, -0.1) is 0 Å². The van der Waals surface area contributed by atoms with Gasteiger partial charge in [0.25, 0.3) is 0 Å². The largest absolute Gasteiger partial charge is 0.378 e. The van der Waals surface area contributed by atoms with Crippen molar-refractivity contribution in [3.63, 3.8) is 0 Å². The molecule has 2 nitrogen and oxygen atoms in total. The molecule has 2 aromatic rings. The first kappa shape index (κ1) is 18.3. The summed E-state index contributed by atoms with van der Waals surface area (Å²) in [5.41, 5.74) is 4.11. The Morgan fingerprint density at radius 3 is 1.92 bits per heavy atom. The van der Waals surface area contributed by atoms with Crippen LogP contribution in [0.5, 0.6) is 0 Å². The zero-order valence-electron chi connectivity index (χ0n) is 15.8. The molecule has 0 spiro atoms. The number of anilines is 1. The quantitative estimate of drug-likeness (QED) is 0.676. The van der Waals surface area contributed by atoms with E-state index < -0.39 is 0 Å². The first-order valence-electron chi connectivity index (χ1n) is 8.78. The summed E-state index contributed by atoms with van der Waals surface area (Å²) in [5.74, 6) is 0. The van der Waals surface area contributed by atoms with E-state index in [4.69, 9.17) is 0 Å². The fraction of sp³-hybridized carbons (Fsp3) is 0.409. The van der Waals surface area contributed by atoms with Crippen LogP contribution in [0.15, 0.2) is 48.8 Å². The van der Waals surface area contributed by atoms with Crippen LogP contribution >= 0.6 is 0 Å². The SMILES string of the molecule is CN(C)c1ccc(/C=C/c2cc[n+](CCCC(C)(C)C)cc2)cc1. The molecule has 0 saturated heterocycles. The molecule has 2 rings (SSSR count). The standard InChI is InChI=1S/C22H31N2/c1-22(2,3)15-6-16-24-17-13-20(14-18-24)8-7-19-9-11-21(12-10-19)23(4)5/h7-14,17-18H,6,15-16H2,1-5H3/q+1. The molecule has 0 saturated carbocycles. The Labute approximate surface area is 147 Å². The van der Waals surface area contributed by atoms with Crippen molar-refractivity contribution in [2.45, 2.75) is 40.2 Å². The van der Waals surface area contributed by atoms with Gasteiger partial charge in [-0.05, 0) is 35.1 Å². The predicted octanol–water partition coefficient (Wildman–Crippen LogP) is 5.04. The highest BCUT2D eigenvalue weighted by molar-refractivity contribution is 5.70. The van der Waals surface area contributed by atoms with Crippen molar-refractivity contribution in [1.29, 1.82) is 0 Å². The van der Waals surface area contributed by atoms with Crippen LogP contribution in [0.4, 0.5) is 5.69 Å². The van der Waals surface area contributed by atoms with Crippen molar-refractivity contribution < 1.29 is 4.57 Å². The molecule has 128 valence electrons. The molecule has 1 aromatic heterocycles. The smallest absolute Gasteiger partial charge is 0.169 e. The first-order chi connectivity index (χ1) is 11.3. The van der Waals surface area contributed by atoms with E-state index in [9.17, 15) is 0 Å². The molecule has 0 aliphatic carbocycles. The van der Waals surface area contributed by atoms with Crippen LogP contribution in [-0.2, 0) is 6.54 Å². The summed E-state index contributed by atoms with van der Waals surface area (Å²) < 4.78 is 2.27. The van der Waals surface area contributed by atoms with Gasteiger partial charge in [-0.3, -0.25) is 0 Å². The van der Waals surface area contributed by atoms with Gasteiger partial charge >= 0.3 is 0 Å². The predicted molar refractivity (Wildman–Crippen MR) is 105 cm³/mol. The summed E-state index contributed by atoms with van der Waals surface area (Å²) in [6.07, 6.45) is 11.2. The maximum Gasteiger partial charge on any atom is 0.169 e. The molecule has 24 heavy (non-hydrogen) atoms. The highest BCUT2D eigenvalue weighted by atomic mass is 15.1. The maximum absolute atomic E-state index is 2.30. The van der Waals surface area contributed by atoms with Crippen molar-refractivity contribution in [3.8, 4) is 0 Å². The van der Waals surface area contributed by atoms with Crippen LogP contribution in [0, 0.1) is 5.41 Å². The minimum atomic E-state index is 0.422. The second-order valence-corrected chi connectivity index (χ2v) is 7.85. The molecule has 0 unspecified atom stereocenters. The summed E-state index contributed by atoms with van der Waals surface area (Å²) in [6, 6.07) is 13.0. The second kappa shape index (κ2) is 8.14. The van der Waals surface area contributed by atoms with Crippen LogP contribution in [-0.4, -0.2) is 14.1 Å². The number of nitrogens with zero attached hydrogens (tertiary/aromatic N) is 2. The van der Waals surface area contributed by atoms with E-state index >= 15 is 0 Å². The lowest BCUT2D eigenvalue weighted by Crippen LogP contribution is -2.33. The van der Waals surface area contributed by atoms with E-state index in [2.05, 4.69) is 105 Å². The number of pyridine rings is 1. The molecule has 0 bridgehead atoms. The lowest BCUT2D eigenvalue weighted by Gasteiger charge is -2.16. The minimum Gasteiger partial charge on any atom is -0.378 e. The molecule has 1 aromatic carbocycles. The second-order valence-electron chi connectivity index (χ2n) is 7.85. The van der Waals surface area contributed by atoms with Gasteiger partial charge in [-0.1, -0.05) is 45.1 Å². The number of hydrogen-bond acceptors (Lipinski definition) is 1. The third-order valence-corrected chi connectivity index (χ3v) is 4.14. The molecular formula is C22H31N2+. The number of benzene rings is 1. The van der Waals surface area contributed by atoms with Gasteiger partial charge in [-0.25, -0.2) is 4.57 Å². The average molecular weight is 324 g/mol. The van der Waals surface area contributed by atoms with Gasteiger partial charge in [0.15, 0.2) is 12.4 Å². The molecular weight excluding hydrogens is 292 g/mol. The highest BCUT2D eigenvalue weighted by Gasteiger charge is 2.10. The van der Waals surface area contributed by atoms with Crippen LogP contribution < -0.4 is 9.47 Å². The summed E-state index contributed by atoms with van der Waals surface area (Å²) in [7, 11) is 4.12. The highest BCUT2D eigenvalue weighted by Crippen LogP contribution is 2.20. The van der Waals surface area contributed by atoms with E-state index in [1.165, 1.54) is 29.7 Å². The Bertz CT molecular complexity index is 644. The Kier molecular flexibility index (Phi) is 6.19. The Hall–Kier alpha value is -2.09. The number of aromatic nitrogens is 1. The zero-order chi connectivity index (χ0) is 17.6. The van der Waals surface area contributed by atoms with Gasteiger partial charge in [0.05, 0.1) is 0 Å². The molecule has 0 fully saturated rings. The van der Waals surface area contributed by atoms with Crippen LogP contribution in [0.25, 0.3) is 12.2 Å². The van der Waals surface area contributed by atoms with Crippen LogP contribution in [0.3, 0.4) is 0 Å². The first-order valence-corrected chi connectivity index (χ1v) is 8.78. The van der Waals surface area contributed by atoms with E-state index in [0.29, 0.717) is 5.41 Å². The third-order valence-electron chi connectivity index (χ3n) is 4.14. The van der Waals surface area contributed by atoms with E-state index in [1.54, 1.807) is 0 Å². The average Bonchev–Trinajstić information content (AvgIpc) is 2.53. The van der Waals surface area contributed by atoms with E-state index in [1.807, 2.05) is 0 Å². The fourth-order valence-corrected chi connectivity index (χ4v) is 2.60. The summed E-state index contributed by atoms with van der Waals surface area (Å²) in [5, 5.41) is 0. The molecule has 0 aliphatic rings. The summed E-state index contributed by atoms with van der Waals surface area (Å²) >= 11 is 0. The van der Waals surface area contributed by atoms with Gasteiger partial charge in [0.2, 0.25) is 0 Å². The molecule has 0 atom stereocenters. The van der Waals surface area contributed by atoms with Crippen molar-refractivity contribution in [1.82, 2.24) is 0 Å². The van der Waals surface area contributed by atoms with Crippen molar-refractivity contribution >= 4 is 17.8 Å². The Morgan fingerprint density at radius 1 is 0.875 bits per heavy atom. The topological polar surface area (TPSA) is 7.12 Å². The fourth-order valence-electron chi connectivity index (χ4n) is 2.60. The van der Waals surface area contributed by atoms with Gasteiger partial charge in [0.1, 0.15) is 6.54 Å².